The molecule has 0 heterocycles. The number of hydrogen-bond acceptors (Lipinski definition) is 3. The zero-order valence-electron chi connectivity index (χ0n) is 11.1. The van der Waals surface area contributed by atoms with Crippen LogP contribution in [-0.4, -0.2) is 24.7 Å². The van der Waals surface area contributed by atoms with Gasteiger partial charge in [-0.05, 0) is 42.9 Å². The molecule has 1 unspecified atom stereocenters. The Labute approximate surface area is 119 Å². The van der Waals surface area contributed by atoms with Gasteiger partial charge in [0.1, 0.15) is 5.75 Å². The maximum absolute atomic E-state index is 6.20. The first-order valence-corrected chi connectivity index (χ1v) is 8.11. The van der Waals surface area contributed by atoms with Gasteiger partial charge in [-0.2, -0.15) is 11.8 Å². The summed E-state index contributed by atoms with van der Waals surface area (Å²) in [6.07, 6.45) is 4.90. The van der Waals surface area contributed by atoms with Crippen molar-refractivity contribution in [2.75, 3.05) is 18.6 Å². The third-order valence-electron chi connectivity index (χ3n) is 2.79. The summed E-state index contributed by atoms with van der Waals surface area (Å²) in [5.41, 5.74) is 7.11. The molecule has 1 aromatic carbocycles. The summed E-state index contributed by atoms with van der Waals surface area (Å²) in [6, 6.07) is 6.03. The molecule has 1 rings (SSSR count). The first kappa shape index (κ1) is 15.7. The summed E-state index contributed by atoms with van der Waals surface area (Å²) in [4.78, 5) is 0. The van der Waals surface area contributed by atoms with Crippen molar-refractivity contribution in [1.29, 1.82) is 0 Å². The normalized spacial score (nSPS) is 12.4. The van der Waals surface area contributed by atoms with Crippen LogP contribution in [0.25, 0.3) is 0 Å². The van der Waals surface area contributed by atoms with Gasteiger partial charge in [0.05, 0.1) is 11.6 Å². The molecule has 1 aromatic rings. The van der Waals surface area contributed by atoms with Gasteiger partial charge in [-0.3, -0.25) is 0 Å². The standard InChI is InChI=1S/C14H22ClNOS/c1-3-12(16)10-11-6-4-7-13(15)14(11)17-8-5-9-18-2/h4,6-7,12H,3,5,8-10,16H2,1-2H3. The zero-order valence-corrected chi connectivity index (χ0v) is 12.7. The van der Waals surface area contributed by atoms with Crippen LogP contribution in [0, 0.1) is 0 Å². The Balaban J connectivity index is 2.67. The highest BCUT2D eigenvalue weighted by Gasteiger charge is 2.11. The third kappa shape index (κ3) is 5.09. The molecule has 2 N–H and O–H groups in total. The molecule has 0 saturated carbocycles. The fourth-order valence-electron chi connectivity index (χ4n) is 1.68. The topological polar surface area (TPSA) is 35.2 Å². The van der Waals surface area contributed by atoms with E-state index in [1.807, 2.05) is 30.0 Å². The first-order valence-electron chi connectivity index (χ1n) is 6.33. The second kappa shape index (κ2) is 8.68. The van der Waals surface area contributed by atoms with Crippen LogP contribution in [0.15, 0.2) is 18.2 Å². The van der Waals surface area contributed by atoms with Crippen LogP contribution in [0.4, 0.5) is 0 Å². The van der Waals surface area contributed by atoms with Crippen LogP contribution in [0.1, 0.15) is 25.3 Å². The highest BCUT2D eigenvalue weighted by atomic mass is 35.5. The predicted octanol–water partition coefficient (Wildman–Crippen LogP) is 3.75. The molecule has 18 heavy (non-hydrogen) atoms. The average molecular weight is 288 g/mol. The highest BCUT2D eigenvalue weighted by molar-refractivity contribution is 7.98. The third-order valence-corrected chi connectivity index (χ3v) is 3.79. The number of benzene rings is 1. The smallest absolute Gasteiger partial charge is 0.141 e. The maximum atomic E-state index is 6.20. The second-order valence-electron chi connectivity index (χ2n) is 4.30. The number of ether oxygens (including phenoxy) is 1. The molecule has 0 amide bonds. The molecule has 102 valence electrons. The highest BCUT2D eigenvalue weighted by Crippen LogP contribution is 2.29. The van der Waals surface area contributed by atoms with Gasteiger partial charge in [0.2, 0.25) is 0 Å². The zero-order chi connectivity index (χ0) is 13.4. The Hall–Kier alpha value is -0.380. The SMILES string of the molecule is CCC(N)Cc1cccc(Cl)c1OCCCSC. The molecule has 2 nitrogen and oxygen atoms in total. The molecule has 0 saturated heterocycles. The summed E-state index contributed by atoms with van der Waals surface area (Å²) in [5.74, 6) is 1.91. The molecule has 0 aliphatic heterocycles. The summed E-state index contributed by atoms with van der Waals surface area (Å²) in [5, 5.41) is 0.681. The number of halogens is 1. The fourth-order valence-corrected chi connectivity index (χ4v) is 2.34. The molecule has 0 radical (unpaired) electrons. The summed E-state index contributed by atoms with van der Waals surface area (Å²) in [7, 11) is 0. The Morgan fingerprint density at radius 2 is 2.22 bits per heavy atom. The summed E-state index contributed by atoms with van der Waals surface area (Å²) >= 11 is 8.02. The lowest BCUT2D eigenvalue weighted by Gasteiger charge is -2.15. The Morgan fingerprint density at radius 3 is 2.89 bits per heavy atom. The minimum absolute atomic E-state index is 0.164. The van der Waals surface area contributed by atoms with E-state index in [9.17, 15) is 0 Å². The van der Waals surface area contributed by atoms with Crippen LogP contribution >= 0.6 is 23.4 Å². The van der Waals surface area contributed by atoms with Crippen LogP contribution in [0.5, 0.6) is 5.75 Å². The molecule has 0 aliphatic rings. The van der Waals surface area contributed by atoms with Crippen molar-refractivity contribution < 1.29 is 4.74 Å². The first-order chi connectivity index (χ1) is 8.69. The van der Waals surface area contributed by atoms with Crippen molar-refractivity contribution in [2.45, 2.75) is 32.2 Å². The largest absolute Gasteiger partial charge is 0.492 e. The predicted molar refractivity (Wildman–Crippen MR) is 81.9 cm³/mol. The number of nitrogens with two attached hydrogens (primary N) is 1. The van der Waals surface area contributed by atoms with Crippen LogP contribution in [0.2, 0.25) is 5.02 Å². The fraction of sp³-hybridized carbons (Fsp3) is 0.571. The number of thioether (sulfide) groups is 1. The van der Waals surface area contributed by atoms with Gasteiger partial charge in [-0.25, -0.2) is 0 Å². The van der Waals surface area contributed by atoms with Crippen LogP contribution in [-0.2, 0) is 6.42 Å². The summed E-state index contributed by atoms with van der Waals surface area (Å²) < 4.78 is 5.81. The Bertz CT molecular complexity index is 360. The van der Waals surface area contributed by atoms with Crippen molar-refractivity contribution in [2.24, 2.45) is 5.73 Å². The molecule has 0 aliphatic carbocycles. The van der Waals surface area contributed by atoms with Gasteiger partial charge in [-0.15, -0.1) is 0 Å². The number of para-hydroxylation sites is 1. The van der Waals surface area contributed by atoms with Crippen molar-refractivity contribution in [3.8, 4) is 5.75 Å². The maximum Gasteiger partial charge on any atom is 0.141 e. The minimum atomic E-state index is 0.164. The van der Waals surface area contributed by atoms with Crippen molar-refractivity contribution >= 4 is 23.4 Å². The average Bonchev–Trinajstić information content (AvgIpc) is 2.37. The van der Waals surface area contributed by atoms with E-state index in [1.165, 1.54) is 0 Å². The molecular formula is C14H22ClNOS. The van der Waals surface area contributed by atoms with Crippen LogP contribution in [0.3, 0.4) is 0 Å². The minimum Gasteiger partial charge on any atom is -0.492 e. The van der Waals surface area contributed by atoms with Gasteiger partial charge in [-0.1, -0.05) is 30.7 Å². The van der Waals surface area contributed by atoms with Gasteiger partial charge in [0, 0.05) is 6.04 Å². The molecule has 0 bridgehead atoms. The van der Waals surface area contributed by atoms with Crippen molar-refractivity contribution in [1.82, 2.24) is 0 Å². The van der Waals surface area contributed by atoms with Gasteiger partial charge in [0.15, 0.2) is 0 Å². The lowest BCUT2D eigenvalue weighted by molar-refractivity contribution is 0.315. The van der Waals surface area contributed by atoms with E-state index in [0.717, 1.165) is 36.3 Å². The number of rotatable bonds is 8. The van der Waals surface area contributed by atoms with E-state index in [4.69, 9.17) is 22.1 Å². The quantitative estimate of drug-likeness (QED) is 0.740. The molecule has 0 fully saturated rings. The molecule has 4 heteroatoms. The van der Waals surface area contributed by atoms with E-state index >= 15 is 0 Å². The monoisotopic (exact) mass is 287 g/mol. The Kier molecular flexibility index (Phi) is 7.56. The van der Waals surface area contributed by atoms with E-state index in [-0.39, 0.29) is 6.04 Å². The number of hydrogen-bond donors (Lipinski definition) is 1. The van der Waals surface area contributed by atoms with E-state index in [2.05, 4.69) is 13.2 Å². The molecule has 1 atom stereocenters. The van der Waals surface area contributed by atoms with Gasteiger partial charge >= 0.3 is 0 Å². The Morgan fingerprint density at radius 1 is 1.44 bits per heavy atom. The van der Waals surface area contributed by atoms with E-state index in [0.29, 0.717) is 11.6 Å². The van der Waals surface area contributed by atoms with Crippen LogP contribution < -0.4 is 10.5 Å². The summed E-state index contributed by atoms with van der Waals surface area (Å²) in [6.45, 7) is 2.80. The van der Waals surface area contributed by atoms with Gasteiger partial charge in [0.25, 0.3) is 0 Å². The van der Waals surface area contributed by atoms with Crippen molar-refractivity contribution in [3.05, 3.63) is 28.8 Å². The van der Waals surface area contributed by atoms with E-state index in [1.54, 1.807) is 0 Å². The molecule has 0 aromatic heterocycles. The van der Waals surface area contributed by atoms with Gasteiger partial charge < -0.3 is 10.5 Å². The lowest BCUT2D eigenvalue weighted by Crippen LogP contribution is -2.21. The second-order valence-corrected chi connectivity index (χ2v) is 5.69. The van der Waals surface area contributed by atoms with Crippen molar-refractivity contribution in [3.63, 3.8) is 0 Å². The molecular weight excluding hydrogens is 266 g/mol. The van der Waals surface area contributed by atoms with E-state index < -0.39 is 0 Å². The lowest BCUT2D eigenvalue weighted by atomic mass is 10.0. The molecule has 0 spiro atoms.